The summed E-state index contributed by atoms with van der Waals surface area (Å²) in [5.74, 6) is 0.917. The van der Waals surface area contributed by atoms with Gasteiger partial charge in [-0.15, -0.1) is 0 Å². The van der Waals surface area contributed by atoms with Gasteiger partial charge in [0, 0.05) is 18.3 Å². The quantitative estimate of drug-likeness (QED) is 0.845. The van der Waals surface area contributed by atoms with E-state index >= 15 is 0 Å². The minimum absolute atomic E-state index is 0.192. The lowest BCUT2D eigenvalue weighted by Crippen LogP contribution is -2.22. The topological polar surface area (TPSA) is 49.9 Å². The molecule has 4 nitrogen and oxygen atoms in total. The Bertz CT molecular complexity index is 522. The fraction of sp³-hybridized carbons (Fsp3) is 0.438. The molecule has 2 unspecified atom stereocenters. The summed E-state index contributed by atoms with van der Waals surface area (Å²) < 4.78 is 5.74. The number of aromatic nitrogens is 2. The zero-order valence-corrected chi connectivity index (χ0v) is 12.6. The van der Waals surface area contributed by atoms with E-state index < -0.39 is 0 Å². The molecule has 0 spiro atoms. The van der Waals surface area contributed by atoms with Crippen LogP contribution in [0.15, 0.2) is 36.5 Å². The first-order chi connectivity index (χ1) is 9.56. The zero-order chi connectivity index (χ0) is 14.5. The molecule has 0 amide bonds. The minimum atomic E-state index is 0.192. The summed E-state index contributed by atoms with van der Waals surface area (Å²) in [5.41, 5.74) is 2.31. The fourth-order valence-corrected chi connectivity index (χ4v) is 2.20. The third-order valence-corrected chi connectivity index (χ3v) is 3.22. The van der Waals surface area contributed by atoms with Crippen molar-refractivity contribution in [1.82, 2.24) is 15.5 Å². The van der Waals surface area contributed by atoms with Crippen molar-refractivity contribution in [3.63, 3.8) is 0 Å². The molecule has 1 aromatic carbocycles. The molecule has 2 atom stereocenters. The Kier molecular flexibility index (Phi) is 4.79. The summed E-state index contributed by atoms with van der Waals surface area (Å²) in [4.78, 5) is 0. The van der Waals surface area contributed by atoms with Crippen LogP contribution in [0, 0.1) is 0 Å². The van der Waals surface area contributed by atoms with Crippen molar-refractivity contribution in [2.45, 2.75) is 45.9 Å². The molecule has 0 aliphatic carbocycles. The molecule has 2 rings (SSSR count). The largest absolute Gasteiger partial charge is 0.491 e. The maximum absolute atomic E-state index is 5.74. The molecule has 108 valence electrons. The van der Waals surface area contributed by atoms with Crippen molar-refractivity contribution in [3.05, 3.63) is 47.8 Å². The fourth-order valence-electron chi connectivity index (χ4n) is 2.20. The van der Waals surface area contributed by atoms with Crippen LogP contribution in [0.25, 0.3) is 0 Å². The highest BCUT2D eigenvalue weighted by atomic mass is 16.5. The highest BCUT2D eigenvalue weighted by Gasteiger charge is 2.12. The lowest BCUT2D eigenvalue weighted by atomic mass is 10.1. The monoisotopic (exact) mass is 273 g/mol. The molecule has 0 saturated carbocycles. The smallest absolute Gasteiger partial charge is 0.120 e. The van der Waals surface area contributed by atoms with Gasteiger partial charge in [0.2, 0.25) is 0 Å². The highest BCUT2D eigenvalue weighted by Crippen LogP contribution is 2.22. The Balaban J connectivity index is 2.03. The number of nitrogens with zero attached hydrogens (tertiary/aromatic N) is 1. The third-order valence-electron chi connectivity index (χ3n) is 3.22. The van der Waals surface area contributed by atoms with Crippen LogP contribution < -0.4 is 10.1 Å². The van der Waals surface area contributed by atoms with E-state index in [0.717, 1.165) is 11.4 Å². The third kappa shape index (κ3) is 3.84. The number of hydrogen-bond donors (Lipinski definition) is 2. The second-order valence-electron chi connectivity index (χ2n) is 5.36. The molecule has 1 heterocycles. The highest BCUT2D eigenvalue weighted by molar-refractivity contribution is 5.30. The maximum Gasteiger partial charge on any atom is 0.120 e. The summed E-state index contributed by atoms with van der Waals surface area (Å²) >= 11 is 0. The Morgan fingerprint density at radius 3 is 2.55 bits per heavy atom. The summed E-state index contributed by atoms with van der Waals surface area (Å²) in [6, 6.07) is 10.7. The van der Waals surface area contributed by atoms with E-state index in [0.29, 0.717) is 0 Å². The molecular weight excluding hydrogens is 250 g/mol. The van der Waals surface area contributed by atoms with Crippen LogP contribution in [0.5, 0.6) is 5.75 Å². The molecule has 4 heteroatoms. The van der Waals surface area contributed by atoms with Crippen LogP contribution in [0.1, 0.15) is 51.0 Å². The molecule has 0 aliphatic heterocycles. The standard InChI is InChI=1S/C16H23N3O/c1-11(2)20-15-7-5-6-14(10-15)12(3)18-13(4)16-8-9-17-19-16/h5-13,18H,1-4H3,(H,17,19). The summed E-state index contributed by atoms with van der Waals surface area (Å²) in [6.07, 6.45) is 1.97. The van der Waals surface area contributed by atoms with Crippen molar-refractivity contribution in [2.75, 3.05) is 0 Å². The SMILES string of the molecule is CC(C)Oc1cccc(C(C)NC(C)c2ccn[nH]2)c1. The number of rotatable bonds is 6. The van der Waals surface area contributed by atoms with Gasteiger partial charge in [-0.25, -0.2) is 0 Å². The van der Waals surface area contributed by atoms with Crippen LogP contribution in [-0.2, 0) is 0 Å². The molecule has 0 bridgehead atoms. The van der Waals surface area contributed by atoms with E-state index in [2.05, 4.69) is 41.5 Å². The van der Waals surface area contributed by atoms with E-state index in [1.807, 2.05) is 32.0 Å². The normalized spacial score (nSPS) is 14.2. The van der Waals surface area contributed by atoms with Crippen molar-refractivity contribution in [2.24, 2.45) is 0 Å². The van der Waals surface area contributed by atoms with Gasteiger partial charge in [-0.2, -0.15) is 5.10 Å². The first-order valence-corrected chi connectivity index (χ1v) is 7.08. The van der Waals surface area contributed by atoms with Gasteiger partial charge in [-0.3, -0.25) is 5.10 Å². The predicted octanol–water partition coefficient (Wildman–Crippen LogP) is 3.61. The molecule has 0 fully saturated rings. The van der Waals surface area contributed by atoms with E-state index in [4.69, 9.17) is 4.74 Å². The van der Waals surface area contributed by atoms with Crippen molar-refractivity contribution < 1.29 is 4.74 Å². The second-order valence-corrected chi connectivity index (χ2v) is 5.36. The van der Waals surface area contributed by atoms with E-state index in [9.17, 15) is 0 Å². The second kappa shape index (κ2) is 6.57. The first kappa shape index (κ1) is 14.6. The van der Waals surface area contributed by atoms with Crippen LogP contribution in [-0.4, -0.2) is 16.3 Å². The van der Waals surface area contributed by atoms with E-state index in [1.54, 1.807) is 6.20 Å². The van der Waals surface area contributed by atoms with E-state index in [1.165, 1.54) is 5.56 Å². The van der Waals surface area contributed by atoms with Gasteiger partial charge in [0.15, 0.2) is 0 Å². The lowest BCUT2D eigenvalue weighted by molar-refractivity contribution is 0.242. The molecule has 0 aliphatic rings. The van der Waals surface area contributed by atoms with Crippen molar-refractivity contribution in [3.8, 4) is 5.75 Å². The van der Waals surface area contributed by atoms with Gasteiger partial charge in [0.1, 0.15) is 5.75 Å². The molecule has 0 saturated heterocycles. The van der Waals surface area contributed by atoms with Gasteiger partial charge < -0.3 is 10.1 Å². The average molecular weight is 273 g/mol. The Labute approximate surface area is 120 Å². The Morgan fingerprint density at radius 2 is 1.90 bits per heavy atom. The molecule has 20 heavy (non-hydrogen) atoms. The van der Waals surface area contributed by atoms with Crippen molar-refractivity contribution in [1.29, 1.82) is 0 Å². The van der Waals surface area contributed by atoms with Crippen LogP contribution >= 0.6 is 0 Å². The van der Waals surface area contributed by atoms with Gasteiger partial charge in [-0.1, -0.05) is 12.1 Å². The van der Waals surface area contributed by atoms with Gasteiger partial charge >= 0.3 is 0 Å². The zero-order valence-electron chi connectivity index (χ0n) is 12.6. The van der Waals surface area contributed by atoms with Crippen LogP contribution in [0.3, 0.4) is 0 Å². The van der Waals surface area contributed by atoms with Crippen LogP contribution in [0.4, 0.5) is 0 Å². The molecule has 1 aromatic heterocycles. The first-order valence-electron chi connectivity index (χ1n) is 7.08. The number of hydrogen-bond acceptors (Lipinski definition) is 3. The van der Waals surface area contributed by atoms with Gasteiger partial charge in [-0.05, 0) is 51.5 Å². The summed E-state index contributed by atoms with van der Waals surface area (Å²) in [6.45, 7) is 8.35. The number of nitrogens with one attached hydrogen (secondary N) is 2. The van der Waals surface area contributed by atoms with Gasteiger partial charge in [0.05, 0.1) is 11.8 Å². The van der Waals surface area contributed by atoms with Crippen molar-refractivity contribution >= 4 is 0 Å². The molecule has 0 radical (unpaired) electrons. The number of benzene rings is 1. The molecule has 2 N–H and O–H groups in total. The summed E-state index contributed by atoms with van der Waals surface area (Å²) in [5, 5.41) is 10.5. The number of H-pyrrole nitrogens is 1. The number of aromatic amines is 1. The van der Waals surface area contributed by atoms with E-state index in [-0.39, 0.29) is 18.2 Å². The van der Waals surface area contributed by atoms with Crippen LogP contribution in [0.2, 0.25) is 0 Å². The summed E-state index contributed by atoms with van der Waals surface area (Å²) in [7, 11) is 0. The molecular formula is C16H23N3O. The predicted molar refractivity (Wildman–Crippen MR) is 80.8 cm³/mol. The lowest BCUT2D eigenvalue weighted by Gasteiger charge is -2.20. The Hall–Kier alpha value is -1.81. The average Bonchev–Trinajstić information content (AvgIpc) is 2.92. The minimum Gasteiger partial charge on any atom is -0.491 e. The number of ether oxygens (including phenoxy) is 1. The Morgan fingerprint density at radius 1 is 1.10 bits per heavy atom. The van der Waals surface area contributed by atoms with Gasteiger partial charge in [0.25, 0.3) is 0 Å². The molecule has 2 aromatic rings. The maximum atomic E-state index is 5.74.